The Morgan fingerprint density at radius 1 is 0.554 bits per heavy atom. The van der Waals surface area contributed by atoms with Crippen LogP contribution >= 0.6 is 7.82 Å². The fourth-order valence-corrected chi connectivity index (χ4v) is 8.18. The molecule has 0 bridgehead atoms. The molecule has 0 saturated carbocycles. The van der Waals surface area contributed by atoms with E-state index < -0.39 is 20.0 Å². The SMILES string of the molecule is CCCCCCCCCCCCCCCCCCCCCCCCCCCCCCCC(=O)NC(COP(=O)([O-])OCC[N+](C)(C)C)C(O)CCCCCCC. The second-order valence-corrected chi connectivity index (χ2v) is 19.6. The Labute approximate surface area is 349 Å². The molecule has 1 amide bonds. The highest BCUT2D eigenvalue weighted by Crippen LogP contribution is 2.38. The molecule has 3 unspecified atom stereocenters. The molecular formula is C47H97N2O6P. The maximum atomic E-state index is 12.8. The van der Waals surface area contributed by atoms with Gasteiger partial charge in [0.25, 0.3) is 7.82 Å². The molecular weight excluding hydrogens is 719 g/mol. The minimum absolute atomic E-state index is 0.0148. The number of aliphatic hydroxyl groups is 1. The van der Waals surface area contributed by atoms with Gasteiger partial charge < -0.3 is 28.8 Å². The Morgan fingerprint density at radius 3 is 1.21 bits per heavy atom. The van der Waals surface area contributed by atoms with Gasteiger partial charge in [0.05, 0.1) is 39.9 Å². The number of phosphoric acid groups is 1. The molecule has 0 radical (unpaired) electrons. The van der Waals surface area contributed by atoms with Crippen molar-refractivity contribution in [2.45, 2.75) is 257 Å². The molecule has 3 atom stereocenters. The van der Waals surface area contributed by atoms with Crippen LogP contribution in [-0.2, 0) is 18.4 Å². The van der Waals surface area contributed by atoms with E-state index in [0.717, 1.165) is 51.4 Å². The predicted molar refractivity (Wildman–Crippen MR) is 238 cm³/mol. The minimum Gasteiger partial charge on any atom is -0.756 e. The highest BCUT2D eigenvalue weighted by Gasteiger charge is 2.24. The molecule has 0 rings (SSSR count). The lowest BCUT2D eigenvalue weighted by Crippen LogP contribution is -2.46. The van der Waals surface area contributed by atoms with Crippen LogP contribution < -0.4 is 10.2 Å². The van der Waals surface area contributed by atoms with Gasteiger partial charge in [0.15, 0.2) is 0 Å². The number of carbonyl (C=O) groups excluding carboxylic acids is 1. The summed E-state index contributed by atoms with van der Waals surface area (Å²) >= 11 is 0. The smallest absolute Gasteiger partial charge is 0.268 e. The van der Waals surface area contributed by atoms with E-state index in [2.05, 4.69) is 19.2 Å². The summed E-state index contributed by atoms with van der Waals surface area (Å²) in [5, 5.41) is 13.7. The summed E-state index contributed by atoms with van der Waals surface area (Å²) in [5.74, 6) is -0.166. The first-order valence-electron chi connectivity index (χ1n) is 24.4. The fraction of sp³-hybridized carbons (Fsp3) is 0.979. The summed E-state index contributed by atoms with van der Waals surface area (Å²) in [6, 6.07) is -0.790. The number of likely N-dealkylation sites (N-methyl/N-ethyl adjacent to an activating group) is 1. The molecule has 0 aromatic heterocycles. The summed E-state index contributed by atoms with van der Waals surface area (Å²) in [5.41, 5.74) is 0. The third-order valence-corrected chi connectivity index (χ3v) is 12.3. The van der Waals surface area contributed by atoms with E-state index in [4.69, 9.17) is 9.05 Å². The van der Waals surface area contributed by atoms with Crippen molar-refractivity contribution in [2.24, 2.45) is 0 Å². The van der Waals surface area contributed by atoms with Crippen molar-refractivity contribution < 1.29 is 32.9 Å². The van der Waals surface area contributed by atoms with Crippen molar-refractivity contribution in [3.8, 4) is 0 Å². The second-order valence-electron chi connectivity index (χ2n) is 18.2. The average molecular weight is 817 g/mol. The molecule has 0 aliphatic heterocycles. The van der Waals surface area contributed by atoms with E-state index in [1.165, 1.54) is 167 Å². The number of hydrogen-bond acceptors (Lipinski definition) is 6. The van der Waals surface area contributed by atoms with Gasteiger partial charge in [-0.15, -0.1) is 0 Å². The zero-order valence-electron chi connectivity index (χ0n) is 38.1. The molecule has 56 heavy (non-hydrogen) atoms. The lowest BCUT2D eigenvalue weighted by Gasteiger charge is -2.30. The monoisotopic (exact) mass is 817 g/mol. The topological polar surface area (TPSA) is 108 Å². The van der Waals surface area contributed by atoms with Crippen molar-refractivity contribution in [1.82, 2.24) is 5.32 Å². The van der Waals surface area contributed by atoms with E-state index in [1.807, 2.05) is 21.1 Å². The van der Waals surface area contributed by atoms with Crippen LogP contribution in [0.1, 0.15) is 245 Å². The van der Waals surface area contributed by atoms with Crippen molar-refractivity contribution in [3.63, 3.8) is 0 Å². The summed E-state index contributed by atoms with van der Waals surface area (Å²) < 4.78 is 23.1. The lowest BCUT2D eigenvalue weighted by molar-refractivity contribution is -0.870. The summed E-state index contributed by atoms with van der Waals surface area (Å²) in [6.07, 6.45) is 44.7. The number of aliphatic hydroxyl groups excluding tert-OH is 1. The van der Waals surface area contributed by atoms with E-state index in [-0.39, 0.29) is 19.1 Å². The average Bonchev–Trinajstić information content (AvgIpc) is 3.15. The fourth-order valence-electron chi connectivity index (χ4n) is 7.45. The number of hydrogen-bond donors (Lipinski definition) is 2. The Morgan fingerprint density at radius 2 is 0.875 bits per heavy atom. The van der Waals surface area contributed by atoms with Gasteiger partial charge in [0, 0.05) is 6.42 Å². The minimum atomic E-state index is -4.54. The molecule has 0 spiro atoms. The normalized spacial score (nSPS) is 14.2. The van der Waals surface area contributed by atoms with Gasteiger partial charge in [-0.1, -0.05) is 226 Å². The van der Waals surface area contributed by atoms with Crippen LogP contribution in [0.4, 0.5) is 0 Å². The van der Waals surface area contributed by atoms with Gasteiger partial charge in [-0.05, 0) is 12.8 Å². The quantitative estimate of drug-likeness (QED) is 0.0360. The van der Waals surface area contributed by atoms with E-state index >= 15 is 0 Å². The van der Waals surface area contributed by atoms with Crippen LogP contribution in [0.15, 0.2) is 0 Å². The van der Waals surface area contributed by atoms with E-state index in [0.29, 0.717) is 23.9 Å². The highest BCUT2D eigenvalue weighted by molar-refractivity contribution is 7.45. The molecule has 0 aliphatic carbocycles. The van der Waals surface area contributed by atoms with Gasteiger partial charge >= 0.3 is 0 Å². The zero-order chi connectivity index (χ0) is 41.4. The standard InChI is InChI=1S/C47H97N2O6P/c1-6-8-10-12-13-14-15-16-17-18-19-20-21-22-23-24-25-26-27-28-29-30-31-32-33-34-35-37-39-41-47(51)48-45(46(50)40-38-36-11-9-7-2)44-55-56(52,53)54-43-42-49(3,4)5/h45-46,50H,6-44H2,1-5H3,(H-,48,51,52,53). The summed E-state index contributed by atoms with van der Waals surface area (Å²) in [6.45, 7) is 4.65. The van der Waals surface area contributed by atoms with Crippen molar-refractivity contribution in [3.05, 3.63) is 0 Å². The number of unbranched alkanes of at least 4 members (excludes halogenated alkanes) is 32. The van der Waals surface area contributed by atoms with Gasteiger partial charge in [-0.25, -0.2) is 0 Å². The second kappa shape index (κ2) is 39.9. The Bertz CT molecular complexity index is 885. The van der Waals surface area contributed by atoms with Crippen molar-refractivity contribution in [2.75, 3.05) is 40.9 Å². The molecule has 2 N–H and O–H groups in total. The van der Waals surface area contributed by atoms with Crippen molar-refractivity contribution >= 4 is 13.7 Å². The van der Waals surface area contributed by atoms with E-state index in [9.17, 15) is 19.4 Å². The molecule has 9 heteroatoms. The van der Waals surface area contributed by atoms with Gasteiger partial charge in [0.2, 0.25) is 5.91 Å². The first-order chi connectivity index (χ1) is 27.0. The number of quaternary nitrogens is 1. The van der Waals surface area contributed by atoms with Crippen LogP contribution in [0.5, 0.6) is 0 Å². The molecule has 0 aliphatic rings. The molecule has 0 saturated heterocycles. The van der Waals surface area contributed by atoms with Crippen LogP contribution in [0.3, 0.4) is 0 Å². The maximum Gasteiger partial charge on any atom is 0.268 e. The number of nitrogens with one attached hydrogen (secondary N) is 1. The zero-order valence-corrected chi connectivity index (χ0v) is 39.0. The first-order valence-corrected chi connectivity index (χ1v) is 25.8. The number of phosphoric ester groups is 1. The van der Waals surface area contributed by atoms with Crippen LogP contribution in [0, 0.1) is 0 Å². The Balaban J connectivity index is 3.80. The lowest BCUT2D eigenvalue weighted by atomic mass is 10.0. The van der Waals surface area contributed by atoms with E-state index in [1.54, 1.807) is 0 Å². The Hall–Kier alpha value is -0.500. The predicted octanol–water partition coefficient (Wildman–Crippen LogP) is 13.1. The van der Waals surface area contributed by atoms with Gasteiger partial charge in [0.1, 0.15) is 13.2 Å². The maximum absolute atomic E-state index is 12.8. The molecule has 0 heterocycles. The van der Waals surface area contributed by atoms with Gasteiger partial charge in [-0.3, -0.25) is 9.36 Å². The van der Waals surface area contributed by atoms with Crippen LogP contribution in [-0.4, -0.2) is 68.5 Å². The highest BCUT2D eigenvalue weighted by atomic mass is 31.2. The summed E-state index contributed by atoms with van der Waals surface area (Å²) in [4.78, 5) is 25.1. The number of carbonyl (C=O) groups is 1. The van der Waals surface area contributed by atoms with Crippen LogP contribution in [0.25, 0.3) is 0 Å². The molecule has 0 aromatic carbocycles. The third kappa shape index (κ3) is 41.7. The third-order valence-electron chi connectivity index (χ3n) is 11.3. The Kier molecular flexibility index (Phi) is 39.6. The summed E-state index contributed by atoms with van der Waals surface area (Å²) in [7, 11) is 1.31. The molecule has 0 fully saturated rings. The molecule has 336 valence electrons. The molecule has 8 nitrogen and oxygen atoms in total. The number of rotatable bonds is 45. The van der Waals surface area contributed by atoms with Gasteiger partial charge in [-0.2, -0.15) is 0 Å². The number of amides is 1. The number of nitrogens with zero attached hydrogens (tertiary/aromatic N) is 1. The molecule has 0 aromatic rings. The first kappa shape index (κ1) is 55.5. The van der Waals surface area contributed by atoms with Crippen LogP contribution in [0.2, 0.25) is 0 Å². The van der Waals surface area contributed by atoms with Crippen molar-refractivity contribution in [1.29, 1.82) is 0 Å². The largest absolute Gasteiger partial charge is 0.756 e.